The molecule has 0 amide bonds. The summed E-state index contributed by atoms with van der Waals surface area (Å²) in [6.45, 7) is 5.54. The molecule has 0 bridgehead atoms. The van der Waals surface area contributed by atoms with Gasteiger partial charge in [-0.1, -0.05) is 18.9 Å². The van der Waals surface area contributed by atoms with Crippen molar-refractivity contribution < 1.29 is 0 Å². The van der Waals surface area contributed by atoms with Crippen molar-refractivity contribution in [2.75, 3.05) is 6.54 Å². The molecule has 1 rings (SSSR count). The van der Waals surface area contributed by atoms with Crippen LogP contribution in [0.4, 0.5) is 0 Å². The number of allylic oxidation sites excluding steroid dienone is 2. The SMILES string of the molecule is CCCC1=C(NCC)CCCC1. The summed E-state index contributed by atoms with van der Waals surface area (Å²) in [5.74, 6) is 0. The number of nitrogens with one attached hydrogen (secondary N) is 1. The maximum absolute atomic E-state index is 3.50. The summed E-state index contributed by atoms with van der Waals surface area (Å²) in [5, 5.41) is 3.50. The minimum absolute atomic E-state index is 1.09. The van der Waals surface area contributed by atoms with Crippen LogP contribution in [0.3, 0.4) is 0 Å². The number of hydrogen-bond donors (Lipinski definition) is 1. The normalized spacial score (nSPS) is 18.2. The summed E-state index contributed by atoms with van der Waals surface area (Å²) >= 11 is 0. The van der Waals surface area contributed by atoms with Gasteiger partial charge in [-0.05, 0) is 39.0 Å². The van der Waals surface area contributed by atoms with E-state index in [0.29, 0.717) is 0 Å². The van der Waals surface area contributed by atoms with Crippen LogP contribution in [-0.2, 0) is 0 Å². The second kappa shape index (κ2) is 5.23. The highest BCUT2D eigenvalue weighted by Gasteiger charge is 2.10. The minimum Gasteiger partial charge on any atom is -0.389 e. The molecule has 0 atom stereocenters. The van der Waals surface area contributed by atoms with Crippen molar-refractivity contribution in [2.45, 2.75) is 52.4 Å². The van der Waals surface area contributed by atoms with Crippen LogP contribution in [0, 0.1) is 0 Å². The molecule has 0 aromatic heterocycles. The average Bonchev–Trinajstić information content (AvgIpc) is 2.09. The zero-order valence-corrected chi connectivity index (χ0v) is 8.45. The highest BCUT2D eigenvalue weighted by atomic mass is 14.9. The van der Waals surface area contributed by atoms with Crippen LogP contribution < -0.4 is 5.32 Å². The lowest BCUT2D eigenvalue weighted by Gasteiger charge is -2.20. The predicted molar refractivity (Wildman–Crippen MR) is 54.1 cm³/mol. The van der Waals surface area contributed by atoms with Crippen LogP contribution in [0.15, 0.2) is 11.3 Å². The smallest absolute Gasteiger partial charge is 0.0115 e. The molecule has 0 saturated heterocycles. The largest absolute Gasteiger partial charge is 0.389 e. The lowest BCUT2D eigenvalue weighted by molar-refractivity contribution is 0.601. The summed E-state index contributed by atoms with van der Waals surface area (Å²) in [5.41, 5.74) is 3.26. The van der Waals surface area contributed by atoms with Crippen molar-refractivity contribution >= 4 is 0 Å². The van der Waals surface area contributed by atoms with Crippen molar-refractivity contribution in [1.29, 1.82) is 0 Å². The molecular weight excluding hydrogens is 146 g/mol. The molecule has 12 heavy (non-hydrogen) atoms. The van der Waals surface area contributed by atoms with E-state index in [1.54, 1.807) is 11.3 Å². The second-order valence-corrected chi connectivity index (χ2v) is 3.57. The van der Waals surface area contributed by atoms with Gasteiger partial charge in [0.05, 0.1) is 0 Å². The molecule has 1 aliphatic carbocycles. The van der Waals surface area contributed by atoms with Gasteiger partial charge in [0.25, 0.3) is 0 Å². The molecule has 0 fully saturated rings. The highest BCUT2D eigenvalue weighted by Crippen LogP contribution is 2.25. The Morgan fingerprint density at radius 2 is 1.92 bits per heavy atom. The van der Waals surface area contributed by atoms with Crippen LogP contribution in [0.2, 0.25) is 0 Å². The molecular formula is C11H21N. The molecule has 1 N–H and O–H groups in total. The first-order valence-corrected chi connectivity index (χ1v) is 5.33. The first kappa shape index (κ1) is 9.63. The molecule has 1 heteroatoms. The van der Waals surface area contributed by atoms with Gasteiger partial charge in [-0.15, -0.1) is 0 Å². The van der Waals surface area contributed by atoms with E-state index in [9.17, 15) is 0 Å². The molecule has 1 aliphatic rings. The molecule has 0 aromatic rings. The molecule has 1 nitrogen and oxygen atoms in total. The third-order valence-corrected chi connectivity index (χ3v) is 2.52. The van der Waals surface area contributed by atoms with E-state index in [-0.39, 0.29) is 0 Å². The van der Waals surface area contributed by atoms with E-state index in [0.717, 1.165) is 6.54 Å². The monoisotopic (exact) mass is 167 g/mol. The summed E-state index contributed by atoms with van der Waals surface area (Å²) in [6.07, 6.45) is 8.03. The summed E-state index contributed by atoms with van der Waals surface area (Å²) in [6, 6.07) is 0. The molecule has 0 radical (unpaired) electrons. The maximum Gasteiger partial charge on any atom is 0.0115 e. The Kier molecular flexibility index (Phi) is 4.20. The van der Waals surface area contributed by atoms with E-state index >= 15 is 0 Å². The van der Waals surface area contributed by atoms with Gasteiger partial charge in [-0.2, -0.15) is 0 Å². The molecule has 0 aromatic carbocycles. The van der Waals surface area contributed by atoms with Crippen molar-refractivity contribution in [3.63, 3.8) is 0 Å². The van der Waals surface area contributed by atoms with Crippen LogP contribution >= 0.6 is 0 Å². The van der Waals surface area contributed by atoms with Gasteiger partial charge in [0.2, 0.25) is 0 Å². The Labute approximate surface area is 76.2 Å². The first-order valence-electron chi connectivity index (χ1n) is 5.33. The van der Waals surface area contributed by atoms with Gasteiger partial charge in [-0.25, -0.2) is 0 Å². The second-order valence-electron chi connectivity index (χ2n) is 3.57. The van der Waals surface area contributed by atoms with Crippen LogP contribution in [0.25, 0.3) is 0 Å². The van der Waals surface area contributed by atoms with Gasteiger partial charge in [0, 0.05) is 12.2 Å². The predicted octanol–water partition coefficient (Wildman–Crippen LogP) is 3.22. The first-order chi connectivity index (χ1) is 5.88. The van der Waals surface area contributed by atoms with Crippen LogP contribution in [0.1, 0.15) is 52.4 Å². The molecule has 0 aliphatic heterocycles. The summed E-state index contributed by atoms with van der Waals surface area (Å²) < 4.78 is 0. The molecule has 70 valence electrons. The fourth-order valence-electron chi connectivity index (χ4n) is 1.97. The van der Waals surface area contributed by atoms with Crippen molar-refractivity contribution in [3.8, 4) is 0 Å². The maximum atomic E-state index is 3.50. The van der Waals surface area contributed by atoms with E-state index < -0.39 is 0 Å². The lowest BCUT2D eigenvalue weighted by atomic mass is 9.93. The van der Waals surface area contributed by atoms with E-state index in [1.807, 2.05) is 0 Å². The standard InChI is InChI=1S/C11H21N/c1-3-7-10-8-5-6-9-11(10)12-4-2/h12H,3-9H2,1-2H3. The molecule has 0 saturated carbocycles. The number of rotatable bonds is 4. The Hall–Kier alpha value is -0.460. The number of hydrogen-bond acceptors (Lipinski definition) is 1. The average molecular weight is 167 g/mol. The van der Waals surface area contributed by atoms with Crippen molar-refractivity contribution in [3.05, 3.63) is 11.3 Å². The minimum atomic E-state index is 1.09. The van der Waals surface area contributed by atoms with Gasteiger partial charge < -0.3 is 5.32 Å². The van der Waals surface area contributed by atoms with Gasteiger partial charge >= 0.3 is 0 Å². The van der Waals surface area contributed by atoms with Gasteiger partial charge in [0.1, 0.15) is 0 Å². The molecule has 0 unspecified atom stereocenters. The van der Waals surface area contributed by atoms with Gasteiger partial charge in [-0.3, -0.25) is 0 Å². The third kappa shape index (κ3) is 2.54. The van der Waals surface area contributed by atoms with Crippen molar-refractivity contribution in [1.82, 2.24) is 5.32 Å². The highest BCUT2D eigenvalue weighted by molar-refractivity contribution is 5.15. The zero-order chi connectivity index (χ0) is 8.81. The Morgan fingerprint density at radius 1 is 1.17 bits per heavy atom. The van der Waals surface area contributed by atoms with Crippen LogP contribution in [0.5, 0.6) is 0 Å². The van der Waals surface area contributed by atoms with E-state index in [4.69, 9.17) is 0 Å². The van der Waals surface area contributed by atoms with Crippen LogP contribution in [-0.4, -0.2) is 6.54 Å². The quantitative estimate of drug-likeness (QED) is 0.678. The van der Waals surface area contributed by atoms with E-state index in [2.05, 4.69) is 19.2 Å². The van der Waals surface area contributed by atoms with Crippen molar-refractivity contribution in [2.24, 2.45) is 0 Å². The lowest BCUT2D eigenvalue weighted by Crippen LogP contribution is -2.17. The third-order valence-electron chi connectivity index (χ3n) is 2.52. The Bertz CT molecular complexity index is 140. The fraction of sp³-hybridized carbons (Fsp3) is 0.818. The topological polar surface area (TPSA) is 12.0 Å². The molecule has 0 heterocycles. The summed E-state index contributed by atoms with van der Waals surface area (Å²) in [7, 11) is 0. The molecule has 0 spiro atoms. The zero-order valence-electron chi connectivity index (χ0n) is 8.45. The Morgan fingerprint density at radius 3 is 2.58 bits per heavy atom. The van der Waals surface area contributed by atoms with E-state index in [1.165, 1.54) is 38.5 Å². The Balaban J connectivity index is 2.55. The fourth-order valence-corrected chi connectivity index (χ4v) is 1.97. The summed E-state index contributed by atoms with van der Waals surface area (Å²) in [4.78, 5) is 0. The van der Waals surface area contributed by atoms with Gasteiger partial charge in [0.15, 0.2) is 0 Å².